The lowest BCUT2D eigenvalue weighted by Crippen LogP contribution is -2.28. The summed E-state index contributed by atoms with van der Waals surface area (Å²) in [6.45, 7) is 1.37. The molecule has 0 aliphatic rings. The summed E-state index contributed by atoms with van der Waals surface area (Å²) in [4.78, 5) is 2.12. The number of alkyl halides is 2. The summed E-state index contributed by atoms with van der Waals surface area (Å²) in [6.07, 6.45) is 4.01. The third-order valence-electron chi connectivity index (χ3n) is 4.41. The molecule has 158 valence electrons. The number of ether oxygens (including phenoxy) is 4. The highest BCUT2D eigenvalue weighted by Crippen LogP contribution is 2.38. The van der Waals surface area contributed by atoms with Gasteiger partial charge < -0.3 is 23.8 Å². The molecule has 0 spiro atoms. The first-order valence-corrected chi connectivity index (χ1v) is 10.2. The number of methoxy groups -OCH3 is 4. The Hall–Kier alpha value is -2.24. The quantitative estimate of drug-likeness (QED) is 0.356. The van der Waals surface area contributed by atoms with Crippen LogP contribution in [0.2, 0.25) is 0 Å². The zero-order valence-corrected chi connectivity index (χ0v) is 18.7. The number of rotatable bonds is 11. The minimum absolute atomic E-state index is 0.506. The van der Waals surface area contributed by atoms with E-state index in [0.29, 0.717) is 42.1 Å². The molecule has 0 aliphatic heterocycles. The fourth-order valence-corrected chi connectivity index (χ4v) is 3.41. The smallest absolute Gasteiger partial charge is 0.203 e. The maximum Gasteiger partial charge on any atom is 0.203 e. The van der Waals surface area contributed by atoms with Crippen molar-refractivity contribution in [2.75, 3.05) is 58.2 Å². The number of nitrogens with zero attached hydrogens (tertiary/aromatic N) is 1. The highest BCUT2D eigenvalue weighted by Gasteiger charge is 2.13. The molecule has 0 saturated heterocycles. The van der Waals surface area contributed by atoms with Crippen LogP contribution in [0.5, 0.6) is 23.0 Å². The van der Waals surface area contributed by atoms with E-state index in [2.05, 4.69) is 11.0 Å². The Bertz CT molecular complexity index is 795. The molecular formula is C22H27Cl2NO4. The zero-order chi connectivity index (χ0) is 21.2. The summed E-state index contributed by atoms with van der Waals surface area (Å²) in [7, 11) is 6.44. The average molecular weight is 440 g/mol. The van der Waals surface area contributed by atoms with Gasteiger partial charge in [-0.2, -0.15) is 0 Å². The van der Waals surface area contributed by atoms with Crippen LogP contribution in [-0.2, 0) is 0 Å². The van der Waals surface area contributed by atoms with E-state index in [1.54, 1.807) is 28.4 Å². The molecule has 0 atom stereocenters. The zero-order valence-electron chi connectivity index (χ0n) is 17.2. The molecule has 0 bridgehead atoms. The molecular weight excluding hydrogens is 413 g/mol. The van der Waals surface area contributed by atoms with E-state index in [1.807, 2.05) is 36.4 Å². The van der Waals surface area contributed by atoms with Crippen molar-refractivity contribution in [1.82, 2.24) is 0 Å². The van der Waals surface area contributed by atoms with Crippen LogP contribution in [0.4, 0.5) is 5.69 Å². The summed E-state index contributed by atoms with van der Waals surface area (Å²) < 4.78 is 21.7. The highest BCUT2D eigenvalue weighted by molar-refractivity contribution is 6.18. The van der Waals surface area contributed by atoms with Crippen LogP contribution in [0.3, 0.4) is 0 Å². The molecule has 7 heteroatoms. The van der Waals surface area contributed by atoms with E-state index in [0.717, 1.165) is 22.6 Å². The van der Waals surface area contributed by atoms with Gasteiger partial charge in [0.15, 0.2) is 11.5 Å². The molecule has 0 N–H and O–H groups in total. The molecule has 29 heavy (non-hydrogen) atoms. The Labute approximate surface area is 182 Å². The molecule has 0 fully saturated rings. The lowest BCUT2D eigenvalue weighted by atomic mass is 10.1. The molecule has 0 amide bonds. The number of benzene rings is 2. The van der Waals surface area contributed by atoms with E-state index < -0.39 is 0 Å². The van der Waals surface area contributed by atoms with Crippen molar-refractivity contribution in [1.29, 1.82) is 0 Å². The minimum atomic E-state index is 0.506. The predicted molar refractivity (Wildman–Crippen MR) is 122 cm³/mol. The van der Waals surface area contributed by atoms with Gasteiger partial charge in [-0.1, -0.05) is 18.2 Å². The molecule has 2 rings (SSSR count). The van der Waals surface area contributed by atoms with Gasteiger partial charge in [0.05, 0.1) is 34.1 Å². The van der Waals surface area contributed by atoms with E-state index in [1.165, 1.54) is 0 Å². The molecule has 0 radical (unpaired) electrons. The van der Waals surface area contributed by atoms with Gasteiger partial charge in [0, 0.05) is 24.8 Å². The first-order valence-electron chi connectivity index (χ1n) is 9.14. The molecule has 2 aromatic rings. The second-order valence-electron chi connectivity index (χ2n) is 6.09. The lowest BCUT2D eigenvalue weighted by molar-refractivity contribution is 0.324. The Morgan fingerprint density at radius 2 is 1.28 bits per heavy atom. The third-order valence-corrected chi connectivity index (χ3v) is 4.75. The maximum absolute atomic E-state index is 5.97. The molecule has 0 aromatic heterocycles. The van der Waals surface area contributed by atoms with Crippen LogP contribution in [0.15, 0.2) is 30.3 Å². The molecule has 0 saturated carbocycles. The first kappa shape index (κ1) is 23.0. The summed E-state index contributed by atoms with van der Waals surface area (Å²) in [5.41, 5.74) is 2.90. The SMILES string of the molecule is COc1ccc(/C=C\c2cc(OC)c(OC)c(OC)c2)cc1N(CCCl)CCCl. The van der Waals surface area contributed by atoms with Gasteiger partial charge in [0.1, 0.15) is 5.75 Å². The second-order valence-corrected chi connectivity index (χ2v) is 6.84. The fourth-order valence-electron chi connectivity index (χ4n) is 3.00. The van der Waals surface area contributed by atoms with Crippen molar-refractivity contribution in [2.24, 2.45) is 0 Å². The van der Waals surface area contributed by atoms with E-state index >= 15 is 0 Å². The Morgan fingerprint density at radius 3 is 1.76 bits per heavy atom. The summed E-state index contributed by atoms with van der Waals surface area (Å²) in [6, 6.07) is 9.80. The molecule has 0 unspecified atom stereocenters. The van der Waals surface area contributed by atoms with Gasteiger partial charge in [-0.15, -0.1) is 23.2 Å². The van der Waals surface area contributed by atoms with Crippen LogP contribution in [0.1, 0.15) is 11.1 Å². The van der Waals surface area contributed by atoms with Gasteiger partial charge in [-0.3, -0.25) is 0 Å². The van der Waals surface area contributed by atoms with Gasteiger partial charge >= 0.3 is 0 Å². The largest absolute Gasteiger partial charge is 0.495 e. The number of halogens is 2. The first-order chi connectivity index (χ1) is 14.1. The number of hydrogen-bond acceptors (Lipinski definition) is 5. The van der Waals surface area contributed by atoms with Crippen molar-refractivity contribution in [2.45, 2.75) is 0 Å². The molecule has 0 aliphatic carbocycles. The summed E-state index contributed by atoms with van der Waals surface area (Å²) >= 11 is 11.9. The third kappa shape index (κ3) is 5.87. The van der Waals surface area contributed by atoms with E-state index in [9.17, 15) is 0 Å². The lowest BCUT2D eigenvalue weighted by Gasteiger charge is -2.25. The van der Waals surface area contributed by atoms with Crippen LogP contribution >= 0.6 is 23.2 Å². The number of hydrogen-bond donors (Lipinski definition) is 0. The Kier molecular flexibility index (Phi) is 9.29. The normalized spacial score (nSPS) is 10.8. The van der Waals surface area contributed by atoms with Crippen molar-refractivity contribution in [3.8, 4) is 23.0 Å². The summed E-state index contributed by atoms with van der Waals surface area (Å²) in [5.74, 6) is 3.58. The standard InChI is InChI=1S/C22H27Cl2NO4/c1-26-19-8-7-16(13-18(19)25(11-9-23)12-10-24)5-6-17-14-20(27-2)22(29-4)21(15-17)28-3/h5-8,13-15H,9-12H2,1-4H3/b6-5-. The second kappa shape index (κ2) is 11.7. The molecule has 5 nitrogen and oxygen atoms in total. The highest BCUT2D eigenvalue weighted by atomic mass is 35.5. The molecule has 0 heterocycles. The average Bonchev–Trinajstić information content (AvgIpc) is 2.76. The van der Waals surface area contributed by atoms with Crippen molar-refractivity contribution >= 4 is 41.0 Å². The van der Waals surface area contributed by atoms with E-state index in [4.69, 9.17) is 42.1 Å². The minimum Gasteiger partial charge on any atom is -0.495 e. The van der Waals surface area contributed by atoms with Crippen molar-refractivity contribution in [3.63, 3.8) is 0 Å². The fraction of sp³-hybridized carbons (Fsp3) is 0.364. The van der Waals surface area contributed by atoms with Gasteiger partial charge in [0.25, 0.3) is 0 Å². The topological polar surface area (TPSA) is 40.2 Å². The van der Waals surface area contributed by atoms with Crippen LogP contribution in [0.25, 0.3) is 12.2 Å². The monoisotopic (exact) mass is 439 g/mol. The Balaban J connectivity index is 2.39. The van der Waals surface area contributed by atoms with Gasteiger partial charge in [-0.25, -0.2) is 0 Å². The molecule has 2 aromatic carbocycles. The van der Waals surface area contributed by atoms with Crippen LogP contribution in [-0.4, -0.2) is 53.3 Å². The predicted octanol–water partition coefficient (Wildman–Crippen LogP) is 5.18. The van der Waals surface area contributed by atoms with Crippen molar-refractivity contribution < 1.29 is 18.9 Å². The van der Waals surface area contributed by atoms with Crippen molar-refractivity contribution in [3.05, 3.63) is 41.5 Å². The number of anilines is 1. The Morgan fingerprint density at radius 1 is 0.724 bits per heavy atom. The van der Waals surface area contributed by atoms with E-state index in [-0.39, 0.29) is 0 Å². The summed E-state index contributed by atoms with van der Waals surface area (Å²) in [5, 5.41) is 0. The van der Waals surface area contributed by atoms with Crippen LogP contribution < -0.4 is 23.8 Å². The maximum atomic E-state index is 5.97. The van der Waals surface area contributed by atoms with Gasteiger partial charge in [-0.05, 0) is 35.4 Å². The van der Waals surface area contributed by atoms with Crippen LogP contribution in [0, 0.1) is 0 Å². The van der Waals surface area contributed by atoms with Gasteiger partial charge in [0.2, 0.25) is 5.75 Å².